The van der Waals surface area contributed by atoms with Gasteiger partial charge in [-0.25, -0.2) is 0 Å². The van der Waals surface area contributed by atoms with Crippen LogP contribution in [-0.4, -0.2) is 36.5 Å². The van der Waals surface area contributed by atoms with Crippen LogP contribution in [0.15, 0.2) is 36.4 Å². The Hall–Kier alpha value is -2.12. The summed E-state index contributed by atoms with van der Waals surface area (Å²) in [7, 11) is 0. The maximum absolute atomic E-state index is 11.5. The molecule has 4 heteroatoms. The zero-order valence-electron chi connectivity index (χ0n) is 15.5. The number of hydrogen-bond donors (Lipinski definition) is 1. The van der Waals surface area contributed by atoms with Gasteiger partial charge in [0.1, 0.15) is 6.42 Å². The first kappa shape index (κ1) is 18.7. The van der Waals surface area contributed by atoms with Crippen LogP contribution in [0.1, 0.15) is 50.5 Å². The Morgan fingerprint density at radius 3 is 2.62 bits per heavy atom. The number of hydrogen-bond acceptors (Lipinski definition) is 3. The number of rotatable bonds is 6. The van der Waals surface area contributed by atoms with Crippen molar-refractivity contribution in [2.75, 3.05) is 19.6 Å². The lowest BCUT2D eigenvalue weighted by Gasteiger charge is -2.32. The molecule has 0 aromatic heterocycles. The first-order valence-electron chi connectivity index (χ1n) is 9.87. The van der Waals surface area contributed by atoms with Crippen LogP contribution < -0.4 is 5.32 Å². The molecule has 0 bridgehead atoms. The first-order chi connectivity index (χ1) is 12.7. The van der Waals surface area contributed by atoms with Gasteiger partial charge in [0, 0.05) is 19.1 Å². The molecule has 1 aromatic rings. The Balaban J connectivity index is 1.35. The van der Waals surface area contributed by atoms with Gasteiger partial charge in [0.2, 0.25) is 5.91 Å². The monoisotopic (exact) mass is 351 g/mol. The average molecular weight is 351 g/mol. The van der Waals surface area contributed by atoms with Crippen molar-refractivity contribution in [3.8, 4) is 6.07 Å². The van der Waals surface area contributed by atoms with Crippen LogP contribution in [0.4, 0.5) is 0 Å². The number of nitrogens with one attached hydrogen (secondary N) is 1. The second-order valence-electron chi connectivity index (χ2n) is 7.55. The minimum atomic E-state index is -0.120. The summed E-state index contributed by atoms with van der Waals surface area (Å²) >= 11 is 0. The maximum atomic E-state index is 11.5. The summed E-state index contributed by atoms with van der Waals surface area (Å²) in [5.41, 5.74) is 2.85. The van der Waals surface area contributed by atoms with Crippen LogP contribution in [0.2, 0.25) is 0 Å². The zero-order valence-corrected chi connectivity index (χ0v) is 15.5. The molecule has 3 rings (SSSR count). The normalized spacial score (nSPS) is 23.7. The third-order valence-corrected chi connectivity index (χ3v) is 5.74. The molecule has 1 aliphatic carbocycles. The summed E-state index contributed by atoms with van der Waals surface area (Å²) in [6, 6.07) is 12.9. The number of amides is 1. The minimum absolute atomic E-state index is 0.0205. The summed E-state index contributed by atoms with van der Waals surface area (Å²) in [5, 5.41) is 11.6. The molecule has 1 saturated carbocycles. The lowest BCUT2D eigenvalue weighted by atomic mass is 9.84. The van der Waals surface area contributed by atoms with Gasteiger partial charge in [0.25, 0.3) is 0 Å². The molecule has 1 aliphatic heterocycles. The van der Waals surface area contributed by atoms with E-state index >= 15 is 0 Å². The fourth-order valence-corrected chi connectivity index (χ4v) is 4.14. The van der Waals surface area contributed by atoms with Crippen molar-refractivity contribution in [2.24, 2.45) is 5.92 Å². The topological polar surface area (TPSA) is 56.1 Å². The molecule has 0 unspecified atom stereocenters. The molecule has 0 saturated heterocycles. The van der Waals surface area contributed by atoms with E-state index in [0.29, 0.717) is 0 Å². The number of carbonyl (C=O) groups is 1. The van der Waals surface area contributed by atoms with E-state index in [1.54, 1.807) is 0 Å². The van der Waals surface area contributed by atoms with Gasteiger partial charge in [-0.3, -0.25) is 9.69 Å². The van der Waals surface area contributed by atoms with Gasteiger partial charge >= 0.3 is 0 Å². The van der Waals surface area contributed by atoms with E-state index in [-0.39, 0.29) is 18.4 Å². The predicted molar refractivity (Wildman–Crippen MR) is 104 cm³/mol. The van der Waals surface area contributed by atoms with Crippen LogP contribution in [0, 0.1) is 17.2 Å². The van der Waals surface area contributed by atoms with E-state index in [0.717, 1.165) is 38.3 Å². The Kier molecular flexibility index (Phi) is 6.85. The Morgan fingerprint density at radius 2 is 1.96 bits per heavy atom. The van der Waals surface area contributed by atoms with E-state index < -0.39 is 0 Å². The summed E-state index contributed by atoms with van der Waals surface area (Å²) in [6.45, 7) is 3.39. The van der Waals surface area contributed by atoms with Crippen LogP contribution in [-0.2, 0) is 4.79 Å². The third kappa shape index (κ3) is 5.44. The molecular weight excluding hydrogens is 322 g/mol. The smallest absolute Gasteiger partial charge is 0.234 e. The van der Waals surface area contributed by atoms with Gasteiger partial charge in [-0.1, -0.05) is 36.4 Å². The van der Waals surface area contributed by atoms with E-state index in [1.165, 1.54) is 36.9 Å². The molecule has 4 nitrogen and oxygen atoms in total. The molecule has 138 valence electrons. The van der Waals surface area contributed by atoms with E-state index in [4.69, 9.17) is 5.26 Å². The van der Waals surface area contributed by atoms with Crippen molar-refractivity contribution in [1.29, 1.82) is 5.26 Å². The van der Waals surface area contributed by atoms with Gasteiger partial charge in [-0.15, -0.1) is 0 Å². The quantitative estimate of drug-likeness (QED) is 0.849. The fourth-order valence-electron chi connectivity index (χ4n) is 4.14. The third-order valence-electron chi connectivity index (χ3n) is 5.74. The second-order valence-corrected chi connectivity index (χ2v) is 7.55. The zero-order chi connectivity index (χ0) is 18.2. The Morgan fingerprint density at radius 1 is 1.19 bits per heavy atom. The summed E-state index contributed by atoms with van der Waals surface area (Å²) in [6.07, 6.45) is 9.26. The molecule has 0 radical (unpaired) electrons. The van der Waals surface area contributed by atoms with Crippen molar-refractivity contribution in [3.05, 3.63) is 42.0 Å². The number of carbonyl (C=O) groups excluding carboxylic acids is 1. The number of nitriles is 1. The largest absolute Gasteiger partial charge is 0.352 e. The first-order valence-corrected chi connectivity index (χ1v) is 9.87. The van der Waals surface area contributed by atoms with Gasteiger partial charge in [0.05, 0.1) is 6.07 Å². The van der Waals surface area contributed by atoms with Gasteiger partial charge < -0.3 is 5.32 Å². The van der Waals surface area contributed by atoms with Gasteiger partial charge in [0.15, 0.2) is 0 Å². The molecule has 2 aliphatic rings. The molecule has 1 N–H and O–H groups in total. The average Bonchev–Trinajstić information content (AvgIpc) is 2.69. The van der Waals surface area contributed by atoms with Crippen molar-refractivity contribution >= 4 is 11.5 Å². The molecule has 0 atom stereocenters. The molecule has 1 heterocycles. The Labute approximate surface area is 156 Å². The van der Waals surface area contributed by atoms with Gasteiger partial charge in [-0.05, 0) is 62.1 Å². The lowest BCUT2D eigenvalue weighted by Crippen LogP contribution is -2.38. The van der Waals surface area contributed by atoms with Crippen LogP contribution in [0.3, 0.4) is 0 Å². The molecule has 1 aromatic carbocycles. The maximum Gasteiger partial charge on any atom is 0.234 e. The predicted octanol–water partition coefficient (Wildman–Crippen LogP) is 3.75. The highest BCUT2D eigenvalue weighted by Gasteiger charge is 2.23. The van der Waals surface area contributed by atoms with E-state index in [2.05, 4.69) is 46.6 Å². The van der Waals surface area contributed by atoms with Crippen molar-refractivity contribution in [3.63, 3.8) is 0 Å². The lowest BCUT2D eigenvalue weighted by molar-refractivity contribution is -0.121. The molecular formula is C22H29N3O. The minimum Gasteiger partial charge on any atom is -0.352 e. The standard InChI is InChI=1S/C22H29N3O/c23-14-10-22(26)24-21-8-6-18(7-9-21)11-15-25-16-12-20(13-17-25)19-4-2-1-3-5-19/h1-5,12,18,21H,6-11,13,15-17H2,(H,24,26). The van der Waals surface area contributed by atoms with Crippen LogP contribution in [0.5, 0.6) is 0 Å². The number of benzene rings is 1. The number of nitrogens with zero attached hydrogens (tertiary/aromatic N) is 2. The fraction of sp³-hybridized carbons (Fsp3) is 0.545. The summed E-state index contributed by atoms with van der Waals surface area (Å²) in [5.74, 6) is 0.656. The van der Waals surface area contributed by atoms with Gasteiger partial charge in [-0.2, -0.15) is 5.26 Å². The van der Waals surface area contributed by atoms with Crippen molar-refractivity contribution in [1.82, 2.24) is 10.2 Å². The van der Waals surface area contributed by atoms with Crippen LogP contribution >= 0.6 is 0 Å². The van der Waals surface area contributed by atoms with E-state index in [1.807, 2.05) is 6.07 Å². The summed E-state index contributed by atoms with van der Waals surface area (Å²) in [4.78, 5) is 14.1. The van der Waals surface area contributed by atoms with Crippen molar-refractivity contribution < 1.29 is 4.79 Å². The van der Waals surface area contributed by atoms with Crippen molar-refractivity contribution in [2.45, 2.75) is 51.0 Å². The van der Waals surface area contributed by atoms with Crippen LogP contribution in [0.25, 0.3) is 5.57 Å². The highest BCUT2D eigenvalue weighted by molar-refractivity contribution is 5.78. The Bertz CT molecular complexity index is 654. The highest BCUT2D eigenvalue weighted by atomic mass is 16.1. The second kappa shape index (κ2) is 9.54. The molecule has 26 heavy (non-hydrogen) atoms. The molecule has 1 amide bonds. The van der Waals surface area contributed by atoms with E-state index in [9.17, 15) is 4.79 Å². The molecule has 1 fully saturated rings. The molecule has 0 spiro atoms. The highest BCUT2D eigenvalue weighted by Crippen LogP contribution is 2.28. The SMILES string of the molecule is N#CCC(=O)NC1CCC(CCN2CC=C(c3ccccc3)CC2)CC1. The summed E-state index contributed by atoms with van der Waals surface area (Å²) < 4.78 is 0.